The number of Topliss-reactive ketones (excluding diaryl/α,β-unsaturated/α-hetero) is 1. The van der Waals surface area contributed by atoms with Crippen molar-refractivity contribution in [3.05, 3.63) is 0 Å². The molecular formula is C6H9NO4. The number of carbonyl (C=O) groups excluding carboxylic acids is 1. The summed E-state index contributed by atoms with van der Waals surface area (Å²) in [5.74, 6) is -1.50. The number of hydrogen-bond acceptors (Lipinski definition) is 4. The minimum Gasteiger partial charge on any atom is -0.477 e. The first kappa shape index (κ1) is 9.61. The second kappa shape index (κ2) is 4.43. The molecule has 0 atom stereocenters. The maximum Gasteiger partial charge on any atom is 0.354 e. The molecule has 0 rings (SSSR count). The lowest BCUT2D eigenvalue weighted by Crippen LogP contribution is -2.16. The lowest BCUT2D eigenvalue weighted by atomic mass is 10.2. The summed E-state index contributed by atoms with van der Waals surface area (Å²) in [4.78, 5) is 24.9. The van der Waals surface area contributed by atoms with Gasteiger partial charge in [-0.2, -0.15) is 0 Å². The summed E-state index contributed by atoms with van der Waals surface area (Å²) in [5, 5.41) is 11.6. The van der Waals surface area contributed by atoms with Crippen LogP contribution in [0.4, 0.5) is 0 Å². The Labute approximate surface area is 63.6 Å². The molecule has 0 heterocycles. The fraction of sp³-hybridized carbons (Fsp3) is 0.500. The fourth-order valence-electron chi connectivity index (χ4n) is 0.493. The van der Waals surface area contributed by atoms with Gasteiger partial charge in [-0.1, -0.05) is 5.16 Å². The van der Waals surface area contributed by atoms with E-state index in [1.165, 1.54) is 14.0 Å². The van der Waals surface area contributed by atoms with E-state index in [2.05, 4.69) is 9.99 Å². The first-order valence-electron chi connectivity index (χ1n) is 2.90. The number of nitrogens with zero attached hydrogens (tertiary/aromatic N) is 1. The van der Waals surface area contributed by atoms with Crippen LogP contribution in [0.25, 0.3) is 0 Å². The van der Waals surface area contributed by atoms with Crippen molar-refractivity contribution >= 4 is 17.5 Å². The zero-order chi connectivity index (χ0) is 8.85. The van der Waals surface area contributed by atoms with Gasteiger partial charge in [0.15, 0.2) is 5.71 Å². The van der Waals surface area contributed by atoms with Gasteiger partial charge in [-0.05, 0) is 6.92 Å². The molecule has 11 heavy (non-hydrogen) atoms. The molecule has 0 aliphatic carbocycles. The summed E-state index contributed by atoms with van der Waals surface area (Å²) in [6.07, 6.45) is -0.205. The summed E-state index contributed by atoms with van der Waals surface area (Å²) >= 11 is 0. The zero-order valence-electron chi connectivity index (χ0n) is 6.33. The van der Waals surface area contributed by atoms with Gasteiger partial charge in [0.25, 0.3) is 0 Å². The summed E-state index contributed by atoms with van der Waals surface area (Å²) in [5.41, 5.74) is -0.278. The van der Waals surface area contributed by atoms with Crippen molar-refractivity contribution in [3.8, 4) is 0 Å². The van der Waals surface area contributed by atoms with Gasteiger partial charge in [0.2, 0.25) is 0 Å². The van der Waals surface area contributed by atoms with Crippen molar-refractivity contribution in [2.75, 3.05) is 7.11 Å². The maximum absolute atomic E-state index is 10.4. The molecule has 0 fully saturated rings. The van der Waals surface area contributed by atoms with Crippen LogP contribution in [-0.2, 0) is 14.4 Å². The SMILES string of the molecule is CO/N=C(/CC(C)=O)C(=O)O. The van der Waals surface area contributed by atoms with E-state index in [4.69, 9.17) is 5.11 Å². The van der Waals surface area contributed by atoms with Crippen LogP contribution < -0.4 is 0 Å². The van der Waals surface area contributed by atoms with Crippen molar-refractivity contribution in [2.45, 2.75) is 13.3 Å². The zero-order valence-corrected chi connectivity index (χ0v) is 6.33. The number of aliphatic carboxylic acids is 1. The number of carboxylic acid groups (broad SMARTS) is 1. The third kappa shape index (κ3) is 4.07. The Morgan fingerprint density at radius 1 is 1.55 bits per heavy atom. The number of ketones is 1. The number of hydrogen-bond donors (Lipinski definition) is 1. The maximum atomic E-state index is 10.4. The average Bonchev–Trinajstić information content (AvgIpc) is 1.86. The van der Waals surface area contributed by atoms with Gasteiger partial charge < -0.3 is 9.94 Å². The van der Waals surface area contributed by atoms with E-state index in [-0.39, 0.29) is 17.9 Å². The smallest absolute Gasteiger partial charge is 0.354 e. The monoisotopic (exact) mass is 159 g/mol. The number of carboxylic acids is 1. The lowest BCUT2D eigenvalue weighted by molar-refractivity contribution is -0.130. The third-order valence-electron chi connectivity index (χ3n) is 0.865. The normalized spacial score (nSPS) is 10.9. The Hall–Kier alpha value is -1.39. The van der Waals surface area contributed by atoms with Crippen molar-refractivity contribution in [3.63, 3.8) is 0 Å². The Kier molecular flexibility index (Phi) is 3.87. The Morgan fingerprint density at radius 3 is 2.36 bits per heavy atom. The van der Waals surface area contributed by atoms with Crippen LogP contribution in [0.5, 0.6) is 0 Å². The molecule has 0 saturated carbocycles. The Bertz CT molecular complexity index is 197. The molecule has 0 aromatic carbocycles. The first-order chi connectivity index (χ1) is 5.07. The van der Waals surface area contributed by atoms with Gasteiger partial charge >= 0.3 is 5.97 Å². The van der Waals surface area contributed by atoms with Crippen molar-refractivity contribution < 1.29 is 19.5 Å². The Morgan fingerprint density at radius 2 is 2.09 bits per heavy atom. The molecule has 5 nitrogen and oxygen atoms in total. The molecule has 0 radical (unpaired) electrons. The highest BCUT2D eigenvalue weighted by atomic mass is 16.6. The molecule has 0 aliphatic rings. The van der Waals surface area contributed by atoms with Crippen LogP contribution >= 0.6 is 0 Å². The van der Waals surface area contributed by atoms with Crippen LogP contribution in [0.15, 0.2) is 5.16 Å². The van der Waals surface area contributed by atoms with E-state index in [0.717, 1.165) is 0 Å². The standard InChI is InChI=1S/C6H9NO4/c1-4(8)3-5(6(9)10)7-11-2/h3H2,1-2H3,(H,9,10)/b7-5-. The third-order valence-corrected chi connectivity index (χ3v) is 0.865. The van der Waals surface area contributed by atoms with Gasteiger partial charge in [-0.3, -0.25) is 4.79 Å². The summed E-state index contributed by atoms with van der Waals surface area (Å²) in [6, 6.07) is 0. The second-order valence-electron chi connectivity index (χ2n) is 1.90. The lowest BCUT2D eigenvalue weighted by Gasteiger charge is -1.95. The summed E-state index contributed by atoms with van der Waals surface area (Å²) in [6.45, 7) is 1.29. The molecule has 0 saturated heterocycles. The predicted octanol–water partition coefficient (Wildman–Crippen LogP) is 0.0525. The van der Waals surface area contributed by atoms with Crippen LogP contribution in [0, 0.1) is 0 Å². The van der Waals surface area contributed by atoms with E-state index in [1.807, 2.05) is 0 Å². The molecule has 0 aromatic rings. The van der Waals surface area contributed by atoms with Crippen LogP contribution in [0.3, 0.4) is 0 Å². The van der Waals surface area contributed by atoms with Crippen molar-refractivity contribution in [2.24, 2.45) is 5.16 Å². The van der Waals surface area contributed by atoms with E-state index < -0.39 is 5.97 Å². The minimum atomic E-state index is -1.23. The highest BCUT2D eigenvalue weighted by Gasteiger charge is 2.12. The predicted molar refractivity (Wildman–Crippen MR) is 37.4 cm³/mol. The quantitative estimate of drug-likeness (QED) is 0.464. The summed E-state index contributed by atoms with van der Waals surface area (Å²) < 4.78 is 0. The molecule has 1 N–H and O–H groups in total. The van der Waals surface area contributed by atoms with E-state index in [0.29, 0.717) is 0 Å². The van der Waals surface area contributed by atoms with Crippen molar-refractivity contribution in [1.29, 1.82) is 0 Å². The van der Waals surface area contributed by atoms with E-state index >= 15 is 0 Å². The largest absolute Gasteiger partial charge is 0.477 e. The molecule has 0 amide bonds. The average molecular weight is 159 g/mol. The van der Waals surface area contributed by atoms with Crippen LogP contribution in [0.1, 0.15) is 13.3 Å². The number of oxime groups is 1. The number of carbonyl (C=O) groups is 2. The van der Waals surface area contributed by atoms with Gasteiger partial charge in [0, 0.05) is 0 Å². The van der Waals surface area contributed by atoms with Gasteiger partial charge in [0.05, 0.1) is 6.42 Å². The molecule has 0 aliphatic heterocycles. The molecule has 62 valence electrons. The number of rotatable bonds is 4. The van der Waals surface area contributed by atoms with Crippen LogP contribution in [-0.4, -0.2) is 29.7 Å². The minimum absolute atomic E-state index is 0.205. The summed E-state index contributed by atoms with van der Waals surface area (Å²) in [7, 11) is 1.23. The highest BCUT2D eigenvalue weighted by Crippen LogP contribution is 1.89. The molecular weight excluding hydrogens is 150 g/mol. The first-order valence-corrected chi connectivity index (χ1v) is 2.90. The molecule has 0 unspecified atom stereocenters. The van der Waals surface area contributed by atoms with Gasteiger partial charge in [0.1, 0.15) is 12.9 Å². The molecule has 0 bridgehead atoms. The van der Waals surface area contributed by atoms with Gasteiger partial charge in [-0.25, -0.2) is 4.79 Å². The highest BCUT2D eigenvalue weighted by molar-refractivity contribution is 6.38. The Balaban J connectivity index is 4.23. The molecule has 0 spiro atoms. The molecule has 5 heteroatoms. The van der Waals surface area contributed by atoms with Crippen molar-refractivity contribution in [1.82, 2.24) is 0 Å². The molecule has 0 aromatic heterocycles. The second-order valence-corrected chi connectivity index (χ2v) is 1.90. The topological polar surface area (TPSA) is 76.0 Å². The fourth-order valence-corrected chi connectivity index (χ4v) is 0.493. The van der Waals surface area contributed by atoms with Gasteiger partial charge in [-0.15, -0.1) is 0 Å². The van der Waals surface area contributed by atoms with E-state index in [9.17, 15) is 9.59 Å². The van der Waals surface area contributed by atoms with E-state index in [1.54, 1.807) is 0 Å². The van der Waals surface area contributed by atoms with Crippen LogP contribution in [0.2, 0.25) is 0 Å².